The first-order valence-corrected chi connectivity index (χ1v) is 17.1. The predicted molar refractivity (Wildman–Crippen MR) is 183 cm³/mol. The van der Waals surface area contributed by atoms with Gasteiger partial charge in [-0.1, -0.05) is 29.3 Å². The molecule has 12 heteroatoms. The topological polar surface area (TPSA) is 117 Å². The van der Waals surface area contributed by atoms with E-state index in [0.717, 1.165) is 29.7 Å². The number of anilines is 3. The van der Waals surface area contributed by atoms with Gasteiger partial charge in [0.2, 0.25) is 23.6 Å². The fraction of sp³-hybridized carbons (Fsp3) is 0.368. The molecule has 8 rings (SSSR count). The van der Waals surface area contributed by atoms with E-state index >= 15 is 0 Å². The van der Waals surface area contributed by atoms with Crippen molar-refractivity contribution in [2.75, 3.05) is 48.1 Å². The molecule has 2 aliphatic carbocycles. The third-order valence-electron chi connectivity index (χ3n) is 11.5. The van der Waals surface area contributed by atoms with Gasteiger partial charge in [-0.15, -0.1) is 0 Å². The van der Waals surface area contributed by atoms with Gasteiger partial charge in [-0.2, -0.15) is 0 Å². The Morgan fingerprint density at radius 1 is 0.900 bits per heavy atom. The lowest BCUT2D eigenvalue weighted by Gasteiger charge is -2.49. The molecule has 0 unspecified atom stereocenters. The van der Waals surface area contributed by atoms with Crippen molar-refractivity contribution in [2.45, 2.75) is 25.7 Å². The van der Waals surface area contributed by atoms with Crippen LogP contribution in [-0.2, 0) is 23.9 Å². The van der Waals surface area contributed by atoms with Crippen LogP contribution < -0.4 is 19.4 Å². The zero-order valence-electron chi connectivity index (χ0n) is 27.5. The van der Waals surface area contributed by atoms with Crippen molar-refractivity contribution in [3.8, 4) is 11.5 Å². The maximum absolute atomic E-state index is 14.6. The summed E-state index contributed by atoms with van der Waals surface area (Å²) < 4.78 is 25.4. The second-order valence-corrected chi connectivity index (χ2v) is 14.2. The minimum atomic E-state index is -1.43. The highest BCUT2D eigenvalue weighted by Gasteiger charge is 2.68. The number of aromatic hydroxyl groups is 1. The Labute approximate surface area is 293 Å². The number of carbonyl (C=O) groups is 4. The monoisotopic (exact) mass is 699 g/mol. The number of morpholine rings is 1. The summed E-state index contributed by atoms with van der Waals surface area (Å²) in [4.78, 5) is 62.0. The Morgan fingerprint density at radius 3 is 2.30 bits per heavy atom. The van der Waals surface area contributed by atoms with E-state index in [1.54, 1.807) is 31.2 Å². The highest BCUT2D eigenvalue weighted by Crippen LogP contribution is 2.65. The Kier molecular flexibility index (Phi) is 7.76. The van der Waals surface area contributed by atoms with Crippen LogP contribution in [0.5, 0.6) is 11.5 Å². The zero-order valence-corrected chi connectivity index (χ0v) is 28.2. The maximum Gasteiger partial charge on any atom is 0.241 e. The zero-order chi connectivity index (χ0) is 35.1. The molecule has 3 heterocycles. The number of phenols is 1. The molecule has 6 atom stereocenters. The first-order chi connectivity index (χ1) is 24.1. The average molecular weight is 700 g/mol. The number of rotatable bonds is 5. The predicted octanol–water partition coefficient (Wildman–Crippen LogP) is 5.47. The highest BCUT2D eigenvalue weighted by molar-refractivity contribution is 6.32. The Bertz CT molecular complexity index is 1980. The number of benzene rings is 3. The Balaban J connectivity index is 1.21. The molecule has 3 saturated heterocycles. The number of methoxy groups -OCH3 is 1. The number of imide groups is 2. The van der Waals surface area contributed by atoms with Crippen LogP contribution in [0, 0.1) is 34.9 Å². The van der Waals surface area contributed by atoms with Gasteiger partial charge in [-0.3, -0.25) is 24.1 Å². The van der Waals surface area contributed by atoms with Crippen molar-refractivity contribution in [1.82, 2.24) is 0 Å². The van der Waals surface area contributed by atoms with E-state index < -0.39 is 52.6 Å². The molecule has 0 spiro atoms. The van der Waals surface area contributed by atoms with Crippen molar-refractivity contribution < 1.29 is 38.1 Å². The lowest BCUT2D eigenvalue weighted by atomic mass is 9.51. The fourth-order valence-electron chi connectivity index (χ4n) is 9.08. The van der Waals surface area contributed by atoms with Crippen LogP contribution in [0.1, 0.15) is 31.2 Å². The van der Waals surface area contributed by atoms with E-state index in [0.29, 0.717) is 35.8 Å². The van der Waals surface area contributed by atoms with Crippen LogP contribution >= 0.6 is 11.6 Å². The Morgan fingerprint density at radius 2 is 1.60 bits per heavy atom. The summed E-state index contributed by atoms with van der Waals surface area (Å²) in [6.07, 6.45) is 2.28. The minimum absolute atomic E-state index is 0.120. The lowest BCUT2D eigenvalue weighted by Crippen LogP contribution is -2.49. The number of halogens is 2. The first-order valence-electron chi connectivity index (χ1n) is 16.8. The van der Waals surface area contributed by atoms with Crippen molar-refractivity contribution in [2.24, 2.45) is 29.1 Å². The molecule has 3 aromatic rings. The van der Waals surface area contributed by atoms with Crippen molar-refractivity contribution >= 4 is 52.3 Å². The average Bonchev–Trinajstić information content (AvgIpc) is 3.49. The van der Waals surface area contributed by atoms with E-state index in [2.05, 4.69) is 4.90 Å². The second-order valence-electron chi connectivity index (χ2n) is 13.8. The summed E-state index contributed by atoms with van der Waals surface area (Å²) in [6.45, 7) is 4.45. The molecule has 50 heavy (non-hydrogen) atoms. The number of allylic oxidation sites excluding steroid dienone is 2. The number of ether oxygens (including phenoxy) is 2. The molecule has 0 radical (unpaired) electrons. The first kappa shape index (κ1) is 32.5. The molecule has 3 aromatic carbocycles. The molecular weight excluding hydrogens is 665 g/mol. The molecule has 0 bridgehead atoms. The van der Waals surface area contributed by atoms with Gasteiger partial charge in [0.1, 0.15) is 17.3 Å². The fourth-order valence-corrected chi connectivity index (χ4v) is 9.26. The molecule has 4 amide bonds. The SMILES string of the molecule is COc1cccc(O)c1[C@H]1C2=CC[C@@H]3C(=O)N(c4ccc(N5CCOCC5)cc4)C(=O)[C@@H]3[C@@H]2C[C@H]2C(=O)N(c3ccc(F)c(Cl)c3)C(=O)[C@@]12C. The van der Waals surface area contributed by atoms with E-state index in [1.807, 2.05) is 18.2 Å². The van der Waals surface area contributed by atoms with Crippen LogP contribution in [0.2, 0.25) is 5.02 Å². The van der Waals surface area contributed by atoms with Crippen LogP contribution in [0.3, 0.4) is 0 Å². The normalized spacial score (nSPS) is 29.2. The number of phenolic OH excluding ortho intramolecular Hbond substituents is 1. The summed E-state index contributed by atoms with van der Waals surface area (Å²) in [7, 11) is 1.46. The second kappa shape index (κ2) is 11.9. The molecule has 10 nitrogen and oxygen atoms in total. The molecule has 3 aliphatic heterocycles. The van der Waals surface area contributed by atoms with Gasteiger partial charge >= 0.3 is 0 Å². The number of nitrogens with zero attached hydrogens (tertiary/aromatic N) is 3. The van der Waals surface area contributed by atoms with Crippen LogP contribution in [0.15, 0.2) is 72.3 Å². The van der Waals surface area contributed by atoms with Crippen molar-refractivity contribution in [3.63, 3.8) is 0 Å². The van der Waals surface area contributed by atoms with E-state index in [9.17, 15) is 28.7 Å². The van der Waals surface area contributed by atoms with Crippen LogP contribution in [0.4, 0.5) is 21.5 Å². The maximum atomic E-state index is 14.6. The van der Waals surface area contributed by atoms with Gasteiger partial charge in [0.25, 0.3) is 0 Å². The highest BCUT2D eigenvalue weighted by atomic mass is 35.5. The van der Waals surface area contributed by atoms with Crippen LogP contribution in [-0.4, -0.2) is 62.1 Å². The van der Waals surface area contributed by atoms with E-state index in [4.69, 9.17) is 21.1 Å². The van der Waals surface area contributed by atoms with E-state index in [1.165, 1.54) is 30.2 Å². The van der Waals surface area contributed by atoms with Crippen molar-refractivity contribution in [1.29, 1.82) is 0 Å². The van der Waals surface area contributed by atoms with Gasteiger partial charge in [0.15, 0.2) is 0 Å². The van der Waals surface area contributed by atoms with E-state index in [-0.39, 0.29) is 41.1 Å². The summed E-state index contributed by atoms with van der Waals surface area (Å²) in [6, 6.07) is 15.8. The molecule has 1 N–H and O–H groups in total. The molecule has 258 valence electrons. The van der Waals surface area contributed by atoms with Gasteiger partial charge in [0, 0.05) is 30.3 Å². The van der Waals surface area contributed by atoms with Crippen molar-refractivity contribution in [3.05, 3.63) is 88.7 Å². The molecule has 1 saturated carbocycles. The van der Waals surface area contributed by atoms with Gasteiger partial charge < -0.3 is 19.5 Å². The minimum Gasteiger partial charge on any atom is -0.508 e. The number of hydrogen-bond acceptors (Lipinski definition) is 8. The number of carbonyl (C=O) groups excluding carboxylic acids is 4. The summed E-state index contributed by atoms with van der Waals surface area (Å²) >= 11 is 6.10. The molecule has 5 aliphatic rings. The third-order valence-corrected chi connectivity index (χ3v) is 11.8. The van der Waals surface area contributed by atoms with Crippen LogP contribution in [0.25, 0.3) is 0 Å². The third kappa shape index (κ3) is 4.62. The Hall–Kier alpha value is -4.74. The number of fused-ring (bicyclic) bond motifs is 4. The molecule has 0 aromatic heterocycles. The molecule has 4 fully saturated rings. The van der Waals surface area contributed by atoms with Gasteiger partial charge in [-0.05, 0) is 80.3 Å². The number of hydrogen-bond donors (Lipinski definition) is 1. The summed E-state index contributed by atoms with van der Waals surface area (Å²) in [5.41, 5.74) is 1.16. The van der Waals surface area contributed by atoms with Gasteiger partial charge in [0.05, 0.1) is 59.9 Å². The molecular formula is C38H35ClFN3O7. The lowest BCUT2D eigenvalue weighted by molar-refractivity contribution is -0.131. The smallest absolute Gasteiger partial charge is 0.241 e. The largest absolute Gasteiger partial charge is 0.508 e. The quantitative estimate of drug-likeness (QED) is 0.276. The summed E-state index contributed by atoms with van der Waals surface area (Å²) in [5.74, 6) is -6.11. The number of amides is 4. The standard InChI is InChI=1S/C38H35ClFN3O7/c1-38-26(35(46)43(37(38)48)22-10-13-28(40)27(39)18-22)19-25-23(33(38)32-29(44)4-3-5-30(32)49-2)11-12-24-31(25)36(47)42(34(24)45)21-8-6-20(7-9-21)41-14-16-50-17-15-41/h3-11,13,18,24-26,31,33,44H,12,14-17,19H2,1-2H3/t24-,25+,26-,31-,33+,38+/m0/s1. The van der Waals surface area contributed by atoms with Gasteiger partial charge in [-0.25, -0.2) is 9.29 Å². The summed E-state index contributed by atoms with van der Waals surface area (Å²) in [5, 5.41) is 11.1.